The molecule has 0 saturated carbocycles. The minimum Gasteiger partial charge on any atom is -0.497 e. The Morgan fingerprint density at radius 3 is 2.35 bits per heavy atom. The molecule has 4 aromatic rings. The van der Waals surface area contributed by atoms with Crippen LogP contribution in [0.4, 0.5) is 5.69 Å². The Kier molecular flexibility index (Phi) is 5.71. The fraction of sp³-hybridized carbons (Fsp3) is 0.120. The number of nitrogens with one attached hydrogen (secondary N) is 1. The second kappa shape index (κ2) is 8.75. The van der Waals surface area contributed by atoms with Gasteiger partial charge in [-0.05, 0) is 54.4 Å². The first-order valence-electron chi connectivity index (χ1n) is 9.78. The fourth-order valence-electron chi connectivity index (χ4n) is 3.25. The molecule has 0 radical (unpaired) electrons. The van der Waals surface area contributed by atoms with Crippen LogP contribution in [0.2, 0.25) is 0 Å². The molecular weight excluding hydrogens is 394 g/mol. The summed E-state index contributed by atoms with van der Waals surface area (Å²) in [7, 11) is 1.58. The third-order valence-electron chi connectivity index (χ3n) is 4.84. The highest BCUT2D eigenvalue weighted by atomic mass is 16.5. The number of anilines is 1. The molecule has 3 aromatic carbocycles. The van der Waals surface area contributed by atoms with Crippen LogP contribution in [0, 0.1) is 0 Å². The number of hydrogen-bond donors (Lipinski definition) is 1. The summed E-state index contributed by atoms with van der Waals surface area (Å²) in [4.78, 5) is 24.6. The first kappa shape index (κ1) is 20.2. The van der Waals surface area contributed by atoms with Crippen molar-refractivity contribution >= 4 is 22.6 Å². The minimum atomic E-state index is -0.761. The van der Waals surface area contributed by atoms with Crippen molar-refractivity contribution in [1.29, 1.82) is 0 Å². The summed E-state index contributed by atoms with van der Waals surface area (Å²) in [6.45, 7) is 1.65. The van der Waals surface area contributed by atoms with Crippen LogP contribution in [0.1, 0.15) is 6.92 Å². The lowest BCUT2D eigenvalue weighted by Crippen LogP contribution is -2.30. The topological polar surface area (TPSA) is 77.8 Å². The van der Waals surface area contributed by atoms with E-state index in [9.17, 15) is 9.59 Å². The van der Waals surface area contributed by atoms with Crippen LogP contribution in [0.3, 0.4) is 0 Å². The molecule has 4 rings (SSSR count). The quantitative estimate of drug-likeness (QED) is 0.455. The lowest BCUT2D eigenvalue weighted by Gasteiger charge is -2.15. The number of hydrogen-bond acceptors (Lipinski definition) is 5. The molecule has 156 valence electrons. The molecule has 6 heteroatoms. The molecule has 0 spiro atoms. The van der Waals surface area contributed by atoms with Gasteiger partial charge in [0, 0.05) is 23.2 Å². The summed E-state index contributed by atoms with van der Waals surface area (Å²) < 4.78 is 16.3. The number of rotatable bonds is 6. The number of carbonyl (C=O) groups excluding carboxylic acids is 1. The lowest BCUT2D eigenvalue weighted by atomic mass is 10.0. The Morgan fingerprint density at radius 1 is 0.935 bits per heavy atom. The molecule has 0 aliphatic heterocycles. The second-order valence-electron chi connectivity index (χ2n) is 6.98. The highest BCUT2D eigenvalue weighted by Gasteiger charge is 2.16. The summed E-state index contributed by atoms with van der Waals surface area (Å²) in [6.07, 6.45) is -0.761. The third kappa shape index (κ3) is 4.59. The maximum Gasteiger partial charge on any atom is 0.336 e. The maximum absolute atomic E-state index is 12.5. The molecule has 1 amide bonds. The van der Waals surface area contributed by atoms with Gasteiger partial charge >= 0.3 is 5.63 Å². The van der Waals surface area contributed by atoms with E-state index in [1.807, 2.05) is 36.4 Å². The Morgan fingerprint density at radius 2 is 1.65 bits per heavy atom. The first-order valence-corrected chi connectivity index (χ1v) is 9.78. The Labute approximate surface area is 179 Å². The molecule has 0 saturated heterocycles. The van der Waals surface area contributed by atoms with Gasteiger partial charge in [0.15, 0.2) is 6.10 Å². The van der Waals surface area contributed by atoms with E-state index in [4.69, 9.17) is 13.9 Å². The van der Waals surface area contributed by atoms with Crippen LogP contribution in [0.5, 0.6) is 11.5 Å². The lowest BCUT2D eigenvalue weighted by molar-refractivity contribution is -0.122. The summed E-state index contributed by atoms with van der Waals surface area (Å²) in [5.74, 6) is 0.831. The standard InChI is InChI=1S/C25H21NO5/c1-16(25(28)26-18-8-10-19(29-2)11-9-18)30-20-12-13-21-22(17-6-4-3-5-7-17)15-24(27)31-23(21)14-20/h3-16H,1-2H3,(H,26,28)/t16-/m0/s1. The van der Waals surface area contributed by atoms with Gasteiger partial charge in [-0.25, -0.2) is 4.79 Å². The fourth-order valence-corrected chi connectivity index (χ4v) is 3.25. The van der Waals surface area contributed by atoms with Crippen LogP contribution in [-0.4, -0.2) is 19.1 Å². The summed E-state index contributed by atoms with van der Waals surface area (Å²) in [5.41, 5.74) is 2.28. The predicted molar refractivity (Wildman–Crippen MR) is 120 cm³/mol. The van der Waals surface area contributed by atoms with E-state index >= 15 is 0 Å². The molecule has 6 nitrogen and oxygen atoms in total. The Hall–Kier alpha value is -4.06. The van der Waals surface area contributed by atoms with Gasteiger partial charge in [-0.1, -0.05) is 30.3 Å². The van der Waals surface area contributed by atoms with E-state index in [0.29, 0.717) is 22.8 Å². The molecule has 1 heterocycles. The van der Waals surface area contributed by atoms with Crippen LogP contribution in [0.15, 0.2) is 88.1 Å². The van der Waals surface area contributed by atoms with E-state index in [-0.39, 0.29) is 5.91 Å². The number of fused-ring (bicyclic) bond motifs is 1. The largest absolute Gasteiger partial charge is 0.497 e. The summed E-state index contributed by atoms with van der Waals surface area (Å²) in [6, 6.07) is 23.3. The highest BCUT2D eigenvalue weighted by Crippen LogP contribution is 2.30. The molecule has 1 atom stereocenters. The van der Waals surface area contributed by atoms with Crippen molar-refractivity contribution in [3.63, 3.8) is 0 Å². The van der Waals surface area contributed by atoms with Crippen molar-refractivity contribution in [3.8, 4) is 22.6 Å². The third-order valence-corrected chi connectivity index (χ3v) is 4.84. The van der Waals surface area contributed by atoms with E-state index < -0.39 is 11.7 Å². The smallest absolute Gasteiger partial charge is 0.336 e. The number of ether oxygens (including phenoxy) is 2. The number of carbonyl (C=O) groups is 1. The first-order chi connectivity index (χ1) is 15.0. The maximum atomic E-state index is 12.5. The van der Waals surface area contributed by atoms with Crippen molar-refractivity contribution < 1.29 is 18.7 Å². The second-order valence-corrected chi connectivity index (χ2v) is 6.98. The van der Waals surface area contributed by atoms with E-state index in [2.05, 4.69) is 5.32 Å². The molecule has 0 aliphatic carbocycles. The minimum absolute atomic E-state index is 0.301. The predicted octanol–water partition coefficient (Wildman–Crippen LogP) is 4.87. The van der Waals surface area contributed by atoms with Crippen molar-refractivity contribution in [2.24, 2.45) is 0 Å². The van der Waals surface area contributed by atoms with Crippen molar-refractivity contribution in [3.05, 3.63) is 89.3 Å². The molecule has 0 aliphatic rings. The summed E-state index contributed by atoms with van der Waals surface area (Å²) >= 11 is 0. The Balaban J connectivity index is 1.54. The molecule has 0 fully saturated rings. The van der Waals surface area contributed by atoms with Gasteiger partial charge in [-0.15, -0.1) is 0 Å². The molecule has 0 unspecified atom stereocenters. The number of amides is 1. The number of methoxy groups -OCH3 is 1. The highest BCUT2D eigenvalue weighted by molar-refractivity contribution is 5.95. The molecular formula is C25H21NO5. The van der Waals surface area contributed by atoms with Gasteiger partial charge in [-0.3, -0.25) is 4.79 Å². The van der Waals surface area contributed by atoms with E-state index in [0.717, 1.165) is 16.5 Å². The zero-order valence-corrected chi connectivity index (χ0v) is 17.1. The van der Waals surface area contributed by atoms with Gasteiger partial charge in [0.2, 0.25) is 0 Å². The van der Waals surface area contributed by atoms with Crippen LogP contribution >= 0.6 is 0 Å². The van der Waals surface area contributed by atoms with Crippen molar-refractivity contribution in [2.75, 3.05) is 12.4 Å². The molecule has 31 heavy (non-hydrogen) atoms. The molecule has 1 N–H and O–H groups in total. The van der Waals surface area contributed by atoms with Crippen molar-refractivity contribution in [1.82, 2.24) is 0 Å². The van der Waals surface area contributed by atoms with Crippen LogP contribution < -0.4 is 20.4 Å². The number of benzene rings is 3. The van der Waals surface area contributed by atoms with E-state index in [1.165, 1.54) is 6.07 Å². The average molecular weight is 415 g/mol. The normalized spacial score (nSPS) is 11.7. The zero-order chi connectivity index (χ0) is 21.8. The van der Waals surface area contributed by atoms with Gasteiger partial charge in [0.25, 0.3) is 5.91 Å². The van der Waals surface area contributed by atoms with Gasteiger partial charge < -0.3 is 19.2 Å². The Bertz CT molecular complexity index is 1260. The SMILES string of the molecule is COc1ccc(NC(=O)[C@H](C)Oc2ccc3c(-c4ccccc4)cc(=O)oc3c2)cc1. The van der Waals surface area contributed by atoms with Crippen molar-refractivity contribution in [2.45, 2.75) is 13.0 Å². The van der Waals surface area contributed by atoms with Crippen LogP contribution in [-0.2, 0) is 4.79 Å². The summed E-state index contributed by atoms with van der Waals surface area (Å²) in [5, 5.41) is 3.58. The van der Waals surface area contributed by atoms with E-state index in [1.54, 1.807) is 50.4 Å². The van der Waals surface area contributed by atoms with Gasteiger partial charge in [0.05, 0.1) is 7.11 Å². The zero-order valence-electron chi connectivity index (χ0n) is 17.1. The van der Waals surface area contributed by atoms with Crippen LogP contribution in [0.25, 0.3) is 22.1 Å². The molecule has 0 bridgehead atoms. The monoisotopic (exact) mass is 415 g/mol. The van der Waals surface area contributed by atoms with Gasteiger partial charge in [0.1, 0.15) is 17.1 Å². The van der Waals surface area contributed by atoms with Gasteiger partial charge in [-0.2, -0.15) is 0 Å². The molecule has 1 aromatic heterocycles. The average Bonchev–Trinajstić information content (AvgIpc) is 2.79.